The summed E-state index contributed by atoms with van der Waals surface area (Å²) in [7, 11) is -1.90. The first-order valence-corrected chi connectivity index (χ1v) is 8.00. The number of nitrogens with one attached hydrogen (secondary N) is 2. The van der Waals surface area contributed by atoms with Crippen molar-refractivity contribution in [3.05, 3.63) is 0 Å². The van der Waals surface area contributed by atoms with Crippen molar-refractivity contribution >= 4 is 16.1 Å². The van der Waals surface area contributed by atoms with E-state index in [1.54, 1.807) is 0 Å². The summed E-state index contributed by atoms with van der Waals surface area (Å²) >= 11 is 0. The summed E-state index contributed by atoms with van der Waals surface area (Å²) in [5.41, 5.74) is 0. The predicted octanol–water partition coefficient (Wildman–Crippen LogP) is -0.932. The molecule has 19 heavy (non-hydrogen) atoms. The second-order valence-electron chi connectivity index (χ2n) is 5.01. The number of methoxy groups -OCH3 is 1. The Kier molecular flexibility index (Phi) is 4.77. The molecule has 8 heteroatoms. The fourth-order valence-corrected chi connectivity index (χ4v) is 3.92. The Balaban J connectivity index is 1.91. The summed E-state index contributed by atoms with van der Waals surface area (Å²) in [6.45, 7) is 1.56. The highest BCUT2D eigenvalue weighted by Crippen LogP contribution is 2.26. The van der Waals surface area contributed by atoms with E-state index in [2.05, 4.69) is 10.0 Å². The highest BCUT2D eigenvalue weighted by molar-refractivity contribution is 7.87. The lowest BCUT2D eigenvalue weighted by atomic mass is 9.86. The highest BCUT2D eigenvalue weighted by Gasteiger charge is 2.37. The Labute approximate surface area is 113 Å². The molecule has 0 radical (unpaired) electrons. The lowest BCUT2D eigenvalue weighted by Gasteiger charge is -2.40. The molecule has 0 saturated carbocycles. The number of piperidine rings is 2. The maximum Gasteiger partial charge on any atom is 0.279 e. The highest BCUT2D eigenvalue weighted by atomic mass is 32.2. The average Bonchev–Trinajstić information content (AvgIpc) is 2.38. The van der Waals surface area contributed by atoms with Crippen LogP contribution >= 0.6 is 0 Å². The number of amides is 1. The lowest BCUT2D eigenvalue weighted by molar-refractivity contribution is -0.124. The minimum Gasteiger partial charge on any atom is -0.383 e. The number of fused-ring (bicyclic) bond motifs is 1. The third kappa shape index (κ3) is 3.65. The van der Waals surface area contributed by atoms with E-state index in [1.807, 2.05) is 0 Å². The third-order valence-corrected chi connectivity index (χ3v) is 5.30. The van der Waals surface area contributed by atoms with Gasteiger partial charge in [-0.25, -0.2) is 0 Å². The first-order chi connectivity index (χ1) is 9.03. The van der Waals surface area contributed by atoms with Gasteiger partial charge in [0, 0.05) is 39.2 Å². The minimum absolute atomic E-state index is 0.0794. The second-order valence-corrected chi connectivity index (χ2v) is 6.77. The van der Waals surface area contributed by atoms with Gasteiger partial charge in [-0.3, -0.25) is 4.79 Å². The Morgan fingerprint density at radius 2 is 2.26 bits per heavy atom. The van der Waals surface area contributed by atoms with Gasteiger partial charge in [0.05, 0.1) is 6.61 Å². The summed E-state index contributed by atoms with van der Waals surface area (Å²) in [5, 5.41) is 2.94. The van der Waals surface area contributed by atoms with Crippen molar-refractivity contribution in [3.8, 4) is 0 Å². The van der Waals surface area contributed by atoms with Crippen molar-refractivity contribution in [3.63, 3.8) is 0 Å². The number of hydrogen-bond donors (Lipinski definition) is 2. The van der Waals surface area contributed by atoms with Gasteiger partial charge in [-0.2, -0.15) is 17.4 Å². The molecule has 2 aliphatic rings. The lowest BCUT2D eigenvalue weighted by Crippen LogP contribution is -2.56. The summed E-state index contributed by atoms with van der Waals surface area (Å²) in [6.07, 6.45) is 1.94. The molecular weight excluding hydrogens is 270 g/mol. The molecule has 2 fully saturated rings. The minimum atomic E-state index is -3.43. The molecule has 0 aromatic carbocycles. The standard InChI is InChI=1S/C11H21N3O4S/c1-18-7-5-12-19(16,17)14-6-4-10-9(8-14)2-3-11(15)13-10/h9-10,12H,2-8H2,1H3,(H,13,15). The van der Waals surface area contributed by atoms with Crippen LogP contribution in [0.2, 0.25) is 0 Å². The average molecular weight is 291 g/mol. The molecule has 0 aliphatic carbocycles. The van der Waals surface area contributed by atoms with Crippen molar-refractivity contribution in [2.45, 2.75) is 25.3 Å². The van der Waals surface area contributed by atoms with E-state index in [1.165, 1.54) is 11.4 Å². The summed E-state index contributed by atoms with van der Waals surface area (Å²) in [4.78, 5) is 11.3. The molecule has 2 saturated heterocycles. The number of rotatable bonds is 5. The molecule has 7 nitrogen and oxygen atoms in total. The van der Waals surface area contributed by atoms with Crippen LogP contribution in [0.25, 0.3) is 0 Å². The summed E-state index contributed by atoms with van der Waals surface area (Å²) in [6, 6.07) is 0.131. The van der Waals surface area contributed by atoms with E-state index in [0.717, 1.165) is 6.42 Å². The molecular formula is C11H21N3O4S. The van der Waals surface area contributed by atoms with Crippen LogP contribution < -0.4 is 10.0 Å². The van der Waals surface area contributed by atoms with Crippen molar-refractivity contribution in [2.75, 3.05) is 33.4 Å². The van der Waals surface area contributed by atoms with Crippen molar-refractivity contribution < 1.29 is 17.9 Å². The van der Waals surface area contributed by atoms with Crippen molar-refractivity contribution in [1.29, 1.82) is 0 Å². The van der Waals surface area contributed by atoms with Crippen LogP contribution in [0.1, 0.15) is 19.3 Å². The summed E-state index contributed by atoms with van der Waals surface area (Å²) in [5.74, 6) is 0.307. The van der Waals surface area contributed by atoms with Gasteiger partial charge < -0.3 is 10.1 Å². The SMILES string of the molecule is COCCNS(=O)(=O)N1CCC2NC(=O)CCC2C1. The molecule has 0 spiro atoms. The maximum atomic E-state index is 12.1. The topological polar surface area (TPSA) is 87.7 Å². The fourth-order valence-electron chi connectivity index (χ4n) is 2.66. The van der Waals surface area contributed by atoms with E-state index >= 15 is 0 Å². The van der Waals surface area contributed by atoms with Crippen LogP contribution in [-0.4, -0.2) is 58.0 Å². The summed E-state index contributed by atoms with van der Waals surface area (Å²) < 4.78 is 33.0. The molecule has 2 N–H and O–H groups in total. The van der Waals surface area contributed by atoms with Crippen molar-refractivity contribution in [2.24, 2.45) is 5.92 Å². The van der Waals surface area contributed by atoms with Crippen LogP contribution in [0.5, 0.6) is 0 Å². The van der Waals surface area contributed by atoms with Crippen molar-refractivity contribution in [1.82, 2.24) is 14.3 Å². The number of carbonyl (C=O) groups is 1. The molecule has 1 amide bonds. The Hall–Kier alpha value is -0.700. The number of carbonyl (C=O) groups excluding carboxylic acids is 1. The molecule has 2 rings (SSSR count). The molecule has 110 valence electrons. The van der Waals surface area contributed by atoms with Gasteiger partial charge in [-0.1, -0.05) is 0 Å². The third-order valence-electron chi connectivity index (χ3n) is 3.72. The quantitative estimate of drug-likeness (QED) is 0.641. The zero-order chi connectivity index (χ0) is 13.9. The maximum absolute atomic E-state index is 12.1. The number of ether oxygens (including phenoxy) is 1. The molecule has 2 aliphatic heterocycles. The molecule has 2 unspecified atom stereocenters. The Morgan fingerprint density at radius 1 is 1.47 bits per heavy atom. The molecule has 0 aromatic rings. The largest absolute Gasteiger partial charge is 0.383 e. The van der Waals surface area contributed by atoms with Crippen LogP contribution in [0, 0.1) is 5.92 Å². The van der Waals surface area contributed by atoms with E-state index in [-0.39, 0.29) is 24.4 Å². The van der Waals surface area contributed by atoms with Gasteiger partial charge in [0.2, 0.25) is 5.91 Å². The molecule has 0 aromatic heterocycles. The van der Waals surface area contributed by atoms with E-state index in [9.17, 15) is 13.2 Å². The van der Waals surface area contributed by atoms with Gasteiger partial charge in [0.25, 0.3) is 10.2 Å². The smallest absolute Gasteiger partial charge is 0.279 e. The van der Waals surface area contributed by atoms with E-state index in [0.29, 0.717) is 32.5 Å². The first-order valence-electron chi connectivity index (χ1n) is 6.56. The van der Waals surface area contributed by atoms with E-state index in [4.69, 9.17) is 4.74 Å². The normalized spacial score (nSPS) is 28.8. The molecule has 2 atom stereocenters. The number of nitrogens with zero attached hydrogens (tertiary/aromatic N) is 1. The first kappa shape index (κ1) is 14.7. The Bertz CT molecular complexity index is 426. The zero-order valence-electron chi connectivity index (χ0n) is 11.1. The van der Waals surface area contributed by atoms with E-state index < -0.39 is 10.2 Å². The van der Waals surface area contributed by atoms with Crippen LogP contribution in [0.15, 0.2) is 0 Å². The van der Waals surface area contributed by atoms with Gasteiger partial charge in [-0.15, -0.1) is 0 Å². The van der Waals surface area contributed by atoms with Crippen LogP contribution in [0.3, 0.4) is 0 Å². The van der Waals surface area contributed by atoms with Crippen LogP contribution in [-0.2, 0) is 19.7 Å². The van der Waals surface area contributed by atoms with Crippen LogP contribution in [0.4, 0.5) is 0 Å². The van der Waals surface area contributed by atoms with Gasteiger partial charge in [0.15, 0.2) is 0 Å². The fraction of sp³-hybridized carbons (Fsp3) is 0.909. The second kappa shape index (κ2) is 6.17. The molecule has 2 heterocycles. The predicted molar refractivity (Wildman–Crippen MR) is 69.6 cm³/mol. The Morgan fingerprint density at radius 3 is 3.00 bits per heavy atom. The monoisotopic (exact) mass is 291 g/mol. The number of hydrogen-bond acceptors (Lipinski definition) is 4. The van der Waals surface area contributed by atoms with Gasteiger partial charge >= 0.3 is 0 Å². The van der Waals surface area contributed by atoms with Gasteiger partial charge in [0.1, 0.15) is 0 Å². The van der Waals surface area contributed by atoms with Gasteiger partial charge in [-0.05, 0) is 18.8 Å². The molecule has 0 bridgehead atoms. The zero-order valence-corrected chi connectivity index (χ0v) is 11.9.